The average molecular weight is 459 g/mol. The SMILES string of the molecule is CN(C)S(=O)(=O)c1ccc(-c2csc(NC(=O)/C=C/c3cccc([N+](=O)[O-])c3)n2)cc1. The molecule has 1 amide bonds. The van der Waals surface area contributed by atoms with E-state index in [9.17, 15) is 23.3 Å². The Hall–Kier alpha value is -3.41. The number of nitro benzene ring substituents is 1. The number of sulfonamides is 1. The van der Waals surface area contributed by atoms with Crippen molar-refractivity contribution >= 4 is 44.2 Å². The lowest BCUT2D eigenvalue weighted by molar-refractivity contribution is -0.384. The van der Waals surface area contributed by atoms with E-state index in [-0.39, 0.29) is 10.6 Å². The molecule has 1 heterocycles. The van der Waals surface area contributed by atoms with Crippen LogP contribution in [0.5, 0.6) is 0 Å². The van der Waals surface area contributed by atoms with Gasteiger partial charge in [-0.1, -0.05) is 24.3 Å². The summed E-state index contributed by atoms with van der Waals surface area (Å²) in [5.41, 5.74) is 1.77. The molecule has 31 heavy (non-hydrogen) atoms. The molecule has 0 fully saturated rings. The number of aromatic nitrogens is 1. The predicted octanol–water partition coefficient (Wildman–Crippen LogP) is 3.62. The highest BCUT2D eigenvalue weighted by atomic mass is 32.2. The number of rotatable bonds is 7. The van der Waals surface area contributed by atoms with Crippen LogP contribution in [0.15, 0.2) is 64.9 Å². The molecule has 0 radical (unpaired) electrons. The highest BCUT2D eigenvalue weighted by Gasteiger charge is 2.17. The molecule has 0 unspecified atom stereocenters. The van der Waals surface area contributed by atoms with Crippen molar-refractivity contribution in [2.45, 2.75) is 4.90 Å². The Morgan fingerprint density at radius 2 is 1.90 bits per heavy atom. The summed E-state index contributed by atoms with van der Waals surface area (Å²) in [6.07, 6.45) is 2.74. The molecule has 0 spiro atoms. The lowest BCUT2D eigenvalue weighted by atomic mass is 10.2. The second-order valence-electron chi connectivity index (χ2n) is 6.52. The fourth-order valence-corrected chi connectivity index (χ4v) is 4.16. The molecule has 3 rings (SSSR count). The van der Waals surface area contributed by atoms with Crippen LogP contribution < -0.4 is 5.32 Å². The molecule has 1 aromatic heterocycles. The lowest BCUT2D eigenvalue weighted by Crippen LogP contribution is -2.22. The van der Waals surface area contributed by atoms with E-state index >= 15 is 0 Å². The van der Waals surface area contributed by atoms with Gasteiger partial charge in [0.25, 0.3) is 5.69 Å². The van der Waals surface area contributed by atoms with E-state index in [0.29, 0.717) is 22.0 Å². The fourth-order valence-electron chi connectivity index (χ4n) is 2.53. The van der Waals surface area contributed by atoms with Gasteiger partial charge in [-0.25, -0.2) is 17.7 Å². The van der Waals surface area contributed by atoms with E-state index in [4.69, 9.17) is 0 Å². The average Bonchev–Trinajstić information content (AvgIpc) is 3.21. The summed E-state index contributed by atoms with van der Waals surface area (Å²) in [4.78, 5) is 27.0. The molecule has 3 aromatic rings. The first-order valence-electron chi connectivity index (χ1n) is 8.89. The topological polar surface area (TPSA) is 123 Å². The van der Waals surface area contributed by atoms with Crippen LogP contribution in [-0.4, -0.2) is 42.6 Å². The summed E-state index contributed by atoms with van der Waals surface area (Å²) in [6, 6.07) is 12.2. The minimum absolute atomic E-state index is 0.0588. The molecule has 0 saturated carbocycles. The van der Waals surface area contributed by atoms with E-state index in [1.54, 1.807) is 23.6 Å². The van der Waals surface area contributed by atoms with Crippen LogP contribution in [0.2, 0.25) is 0 Å². The highest BCUT2D eigenvalue weighted by molar-refractivity contribution is 7.89. The van der Waals surface area contributed by atoms with E-state index in [0.717, 1.165) is 4.31 Å². The van der Waals surface area contributed by atoms with E-state index in [1.807, 2.05) is 0 Å². The summed E-state index contributed by atoms with van der Waals surface area (Å²) < 4.78 is 25.4. The quantitative estimate of drug-likeness (QED) is 0.328. The molecular formula is C20H18N4O5S2. The molecule has 1 N–H and O–H groups in total. The van der Waals surface area contributed by atoms with Crippen LogP contribution in [0.1, 0.15) is 5.56 Å². The molecule has 0 bridgehead atoms. The molecule has 0 atom stereocenters. The molecule has 0 saturated heterocycles. The smallest absolute Gasteiger partial charge is 0.270 e. The van der Waals surface area contributed by atoms with E-state index < -0.39 is 20.9 Å². The first kappa shape index (κ1) is 22.3. The largest absolute Gasteiger partial charge is 0.298 e. The van der Waals surface area contributed by atoms with Crippen molar-refractivity contribution in [3.05, 3.63) is 75.7 Å². The number of nitrogens with zero attached hydrogens (tertiary/aromatic N) is 3. The van der Waals surface area contributed by atoms with Crippen molar-refractivity contribution in [3.63, 3.8) is 0 Å². The van der Waals surface area contributed by atoms with Crippen molar-refractivity contribution in [2.75, 3.05) is 19.4 Å². The Kier molecular flexibility index (Phi) is 6.59. The zero-order chi connectivity index (χ0) is 22.6. The fraction of sp³-hybridized carbons (Fsp3) is 0.100. The lowest BCUT2D eigenvalue weighted by Gasteiger charge is -2.11. The Morgan fingerprint density at radius 1 is 1.19 bits per heavy atom. The van der Waals surface area contributed by atoms with Gasteiger partial charge < -0.3 is 0 Å². The second-order valence-corrected chi connectivity index (χ2v) is 9.53. The standard InChI is InChI=1S/C20H18N4O5S2/c1-23(2)31(28,29)17-9-7-15(8-10-17)18-13-30-20(21-18)22-19(25)11-6-14-4-3-5-16(12-14)24(26)27/h3-13H,1-2H3,(H,21,22,25)/b11-6+. The van der Waals surface area contributed by atoms with Gasteiger partial charge in [0.15, 0.2) is 5.13 Å². The number of hydrogen-bond donors (Lipinski definition) is 1. The number of nitrogens with one attached hydrogen (secondary N) is 1. The van der Waals surface area contributed by atoms with E-state index in [2.05, 4.69) is 10.3 Å². The maximum atomic E-state index is 12.1. The van der Waals surface area contributed by atoms with Crippen LogP contribution >= 0.6 is 11.3 Å². The third-order valence-corrected chi connectivity index (χ3v) is 6.76. The Morgan fingerprint density at radius 3 is 2.55 bits per heavy atom. The van der Waals surface area contributed by atoms with Gasteiger partial charge >= 0.3 is 0 Å². The zero-order valence-corrected chi connectivity index (χ0v) is 18.2. The number of carbonyl (C=O) groups is 1. The van der Waals surface area contributed by atoms with Gasteiger partial charge in [0, 0.05) is 43.2 Å². The summed E-state index contributed by atoms with van der Waals surface area (Å²) in [5, 5.41) is 15.6. The van der Waals surface area contributed by atoms with Crippen molar-refractivity contribution in [3.8, 4) is 11.3 Å². The van der Waals surface area contributed by atoms with E-state index in [1.165, 1.54) is 67.9 Å². The molecule has 0 aliphatic rings. The van der Waals surface area contributed by atoms with Gasteiger partial charge in [-0.3, -0.25) is 20.2 Å². The van der Waals surface area contributed by atoms with Gasteiger partial charge in [-0.2, -0.15) is 0 Å². The predicted molar refractivity (Wildman–Crippen MR) is 119 cm³/mol. The maximum Gasteiger partial charge on any atom is 0.270 e. The van der Waals surface area contributed by atoms with Gasteiger partial charge in [0.1, 0.15) is 0 Å². The summed E-state index contributed by atoms with van der Waals surface area (Å²) in [7, 11) is -0.581. The molecule has 160 valence electrons. The Labute approximate surface area is 182 Å². The van der Waals surface area contributed by atoms with Crippen LogP contribution in [0.4, 0.5) is 10.8 Å². The summed E-state index contributed by atoms with van der Waals surface area (Å²) in [6.45, 7) is 0. The first-order valence-corrected chi connectivity index (χ1v) is 11.2. The van der Waals surface area contributed by atoms with Crippen LogP contribution in [0, 0.1) is 10.1 Å². The summed E-state index contributed by atoms with van der Waals surface area (Å²) >= 11 is 1.22. The van der Waals surface area contributed by atoms with Crippen LogP contribution in [0.3, 0.4) is 0 Å². The Balaban J connectivity index is 1.68. The number of anilines is 1. The number of benzene rings is 2. The monoisotopic (exact) mass is 458 g/mol. The van der Waals surface area contributed by atoms with Crippen molar-refractivity contribution in [2.24, 2.45) is 0 Å². The van der Waals surface area contributed by atoms with Gasteiger partial charge in [0.05, 0.1) is 15.5 Å². The van der Waals surface area contributed by atoms with Crippen molar-refractivity contribution in [1.29, 1.82) is 0 Å². The van der Waals surface area contributed by atoms with Gasteiger partial charge in [-0.15, -0.1) is 11.3 Å². The van der Waals surface area contributed by atoms with Crippen molar-refractivity contribution in [1.82, 2.24) is 9.29 Å². The highest BCUT2D eigenvalue weighted by Crippen LogP contribution is 2.26. The van der Waals surface area contributed by atoms with Crippen LogP contribution in [-0.2, 0) is 14.8 Å². The molecule has 0 aliphatic heterocycles. The molecule has 0 aliphatic carbocycles. The number of amides is 1. The van der Waals surface area contributed by atoms with Crippen molar-refractivity contribution < 1.29 is 18.1 Å². The maximum absolute atomic E-state index is 12.1. The normalized spacial score (nSPS) is 11.7. The number of hydrogen-bond acceptors (Lipinski definition) is 7. The van der Waals surface area contributed by atoms with Gasteiger partial charge in [-0.05, 0) is 23.8 Å². The third-order valence-electron chi connectivity index (χ3n) is 4.17. The van der Waals surface area contributed by atoms with Gasteiger partial charge in [0.2, 0.25) is 15.9 Å². The minimum Gasteiger partial charge on any atom is -0.298 e. The molecular weight excluding hydrogens is 440 g/mol. The number of non-ortho nitro benzene ring substituents is 1. The second kappa shape index (κ2) is 9.16. The Bertz CT molecular complexity index is 1250. The first-order chi connectivity index (χ1) is 14.7. The number of thiazole rings is 1. The molecule has 9 nitrogen and oxygen atoms in total. The third kappa shape index (κ3) is 5.40. The number of carbonyl (C=O) groups excluding carboxylic acids is 1. The number of nitro groups is 1. The zero-order valence-electron chi connectivity index (χ0n) is 16.6. The minimum atomic E-state index is -3.51. The molecule has 11 heteroatoms. The molecule has 2 aromatic carbocycles. The summed E-state index contributed by atoms with van der Waals surface area (Å²) in [5.74, 6) is -0.431. The van der Waals surface area contributed by atoms with Crippen LogP contribution in [0.25, 0.3) is 17.3 Å².